The zero-order valence-corrected chi connectivity index (χ0v) is 40.9. The van der Waals surface area contributed by atoms with Crippen LogP contribution in [0.5, 0.6) is 0 Å². The number of allylic oxidation sites excluding steroid dienone is 4. The molecule has 0 radical (unpaired) electrons. The van der Waals surface area contributed by atoms with Gasteiger partial charge in [0.2, 0.25) is 5.91 Å². The van der Waals surface area contributed by atoms with E-state index in [-0.39, 0.29) is 18.5 Å². The fourth-order valence-corrected chi connectivity index (χ4v) is 8.28. The fraction of sp³-hybridized carbons (Fsp3) is 0.891. The maximum atomic E-state index is 12.4. The Balaban J connectivity index is 3.47. The average molecular weight is 860 g/mol. The lowest BCUT2D eigenvalue weighted by molar-refractivity contribution is -0.143. The van der Waals surface area contributed by atoms with Gasteiger partial charge in [-0.25, -0.2) is 0 Å². The topological polar surface area (TPSA) is 95.9 Å². The molecule has 0 aromatic rings. The molecule has 0 aromatic heterocycles. The molecule has 2 unspecified atom stereocenters. The van der Waals surface area contributed by atoms with Crippen molar-refractivity contribution in [3.05, 3.63) is 24.3 Å². The van der Waals surface area contributed by atoms with E-state index in [0.29, 0.717) is 25.9 Å². The first-order valence-corrected chi connectivity index (χ1v) is 27.1. The normalized spacial score (nSPS) is 12.8. The Hall–Kier alpha value is -1.66. The smallest absolute Gasteiger partial charge is 0.305 e. The molecule has 0 aliphatic heterocycles. The zero-order chi connectivity index (χ0) is 44.4. The third-order valence-electron chi connectivity index (χ3n) is 12.5. The number of hydrogen-bond donors (Lipinski definition) is 3. The number of carbonyl (C=O) groups is 2. The summed E-state index contributed by atoms with van der Waals surface area (Å²) in [6, 6.07) is -0.553. The predicted molar refractivity (Wildman–Crippen MR) is 264 cm³/mol. The molecule has 61 heavy (non-hydrogen) atoms. The van der Waals surface area contributed by atoms with Crippen LogP contribution in [0.4, 0.5) is 0 Å². The van der Waals surface area contributed by atoms with E-state index in [1.165, 1.54) is 193 Å². The minimum atomic E-state index is -0.674. The van der Waals surface area contributed by atoms with Crippen molar-refractivity contribution in [3.63, 3.8) is 0 Å². The number of nitrogens with one attached hydrogen (secondary N) is 1. The molecule has 1 amide bonds. The molecular formula is C55H105NO5. The number of unbranched alkanes of at least 4 members (excludes halogenated alkanes) is 35. The van der Waals surface area contributed by atoms with Crippen LogP contribution in [-0.4, -0.2) is 47.4 Å². The molecule has 0 aliphatic rings. The van der Waals surface area contributed by atoms with Crippen molar-refractivity contribution in [2.24, 2.45) is 0 Å². The predicted octanol–water partition coefficient (Wildman–Crippen LogP) is 16.3. The summed E-state index contributed by atoms with van der Waals surface area (Å²) < 4.78 is 5.46. The van der Waals surface area contributed by atoms with Crippen molar-refractivity contribution >= 4 is 11.9 Å². The lowest BCUT2D eigenvalue weighted by Crippen LogP contribution is -2.45. The van der Waals surface area contributed by atoms with E-state index in [1.54, 1.807) is 0 Å². The second kappa shape index (κ2) is 51.0. The van der Waals surface area contributed by atoms with Crippen LogP contribution in [0.15, 0.2) is 24.3 Å². The lowest BCUT2D eigenvalue weighted by Gasteiger charge is -2.22. The highest BCUT2D eigenvalue weighted by atomic mass is 16.5. The molecule has 0 spiro atoms. The second-order valence-corrected chi connectivity index (χ2v) is 18.6. The summed E-state index contributed by atoms with van der Waals surface area (Å²) in [5.74, 6) is -0.0633. The van der Waals surface area contributed by atoms with Crippen LogP contribution in [0.1, 0.15) is 290 Å². The summed E-state index contributed by atoms with van der Waals surface area (Å²) in [6.07, 6.45) is 60.1. The number of hydrogen-bond acceptors (Lipinski definition) is 5. The van der Waals surface area contributed by atoms with Crippen LogP contribution in [0, 0.1) is 0 Å². The minimum Gasteiger partial charge on any atom is -0.466 e. The molecule has 0 bridgehead atoms. The molecule has 3 N–H and O–H groups in total. The molecule has 2 atom stereocenters. The highest BCUT2D eigenvalue weighted by molar-refractivity contribution is 5.76. The van der Waals surface area contributed by atoms with Crippen LogP contribution in [0.2, 0.25) is 0 Å². The molecular weight excluding hydrogens is 755 g/mol. The van der Waals surface area contributed by atoms with Gasteiger partial charge < -0.3 is 20.3 Å². The molecule has 0 saturated heterocycles. The van der Waals surface area contributed by atoms with Crippen LogP contribution in [0.25, 0.3) is 0 Å². The maximum Gasteiger partial charge on any atom is 0.305 e. The molecule has 0 aliphatic carbocycles. The molecule has 0 aromatic carbocycles. The van der Waals surface area contributed by atoms with Gasteiger partial charge in [0.15, 0.2) is 0 Å². The van der Waals surface area contributed by atoms with Gasteiger partial charge in [0, 0.05) is 12.8 Å². The van der Waals surface area contributed by atoms with E-state index in [1.807, 2.05) is 0 Å². The van der Waals surface area contributed by atoms with Gasteiger partial charge in [0.05, 0.1) is 25.4 Å². The lowest BCUT2D eigenvalue weighted by atomic mass is 10.0. The summed E-state index contributed by atoms with van der Waals surface area (Å²) in [6.45, 7) is 4.92. The van der Waals surface area contributed by atoms with Gasteiger partial charge in [-0.2, -0.15) is 0 Å². The molecule has 0 fully saturated rings. The maximum absolute atomic E-state index is 12.4. The van der Waals surface area contributed by atoms with Gasteiger partial charge in [0.1, 0.15) is 0 Å². The number of amides is 1. The largest absolute Gasteiger partial charge is 0.466 e. The Bertz CT molecular complexity index is 951. The molecule has 0 heterocycles. The van der Waals surface area contributed by atoms with Crippen molar-refractivity contribution in [3.8, 4) is 0 Å². The Labute approximate surface area is 380 Å². The van der Waals surface area contributed by atoms with E-state index >= 15 is 0 Å². The van der Waals surface area contributed by atoms with E-state index < -0.39 is 12.1 Å². The Kier molecular flexibility index (Phi) is 49.6. The molecule has 6 nitrogen and oxygen atoms in total. The standard InChI is InChI=1S/C55H105NO5/c1-3-5-7-9-11-13-15-17-23-27-31-35-39-43-47-53(58)52(51-57)56-54(59)48-44-40-36-32-28-24-21-19-20-22-26-30-34-38-42-46-50-61-55(60)49-45-41-37-33-29-25-18-16-14-12-10-8-6-4-2/h16,18-19,21,52-53,57-58H,3-15,17,20,22-51H2,1-2H3,(H,56,59)/b18-16-,21-19-. The second-order valence-electron chi connectivity index (χ2n) is 18.6. The van der Waals surface area contributed by atoms with Gasteiger partial charge in [-0.05, 0) is 77.0 Å². The first-order chi connectivity index (χ1) is 30.0. The van der Waals surface area contributed by atoms with Gasteiger partial charge >= 0.3 is 5.97 Å². The first kappa shape index (κ1) is 59.3. The van der Waals surface area contributed by atoms with Crippen molar-refractivity contribution in [2.45, 2.75) is 302 Å². The fourth-order valence-electron chi connectivity index (χ4n) is 8.28. The van der Waals surface area contributed by atoms with Crippen molar-refractivity contribution < 1.29 is 24.5 Å². The molecule has 360 valence electrons. The van der Waals surface area contributed by atoms with Gasteiger partial charge in [-0.1, -0.05) is 224 Å². The molecule has 0 rings (SSSR count). The number of carbonyl (C=O) groups excluding carboxylic acids is 2. The van der Waals surface area contributed by atoms with Crippen LogP contribution in [-0.2, 0) is 14.3 Å². The quantitative estimate of drug-likeness (QED) is 0.0322. The van der Waals surface area contributed by atoms with Gasteiger partial charge in [-0.3, -0.25) is 9.59 Å². The van der Waals surface area contributed by atoms with E-state index in [9.17, 15) is 19.8 Å². The highest BCUT2D eigenvalue weighted by Gasteiger charge is 2.20. The third-order valence-corrected chi connectivity index (χ3v) is 12.5. The van der Waals surface area contributed by atoms with Crippen molar-refractivity contribution in [1.82, 2.24) is 5.32 Å². The van der Waals surface area contributed by atoms with Crippen LogP contribution < -0.4 is 5.32 Å². The molecule has 0 saturated carbocycles. The number of aliphatic hydroxyl groups is 2. The zero-order valence-electron chi connectivity index (χ0n) is 40.9. The number of rotatable bonds is 50. The first-order valence-electron chi connectivity index (χ1n) is 27.1. The summed E-state index contributed by atoms with van der Waals surface area (Å²) in [4.78, 5) is 24.5. The van der Waals surface area contributed by atoms with Crippen LogP contribution in [0.3, 0.4) is 0 Å². The van der Waals surface area contributed by atoms with E-state index in [4.69, 9.17) is 4.74 Å². The summed E-state index contributed by atoms with van der Waals surface area (Å²) >= 11 is 0. The molecule has 6 heteroatoms. The average Bonchev–Trinajstić information content (AvgIpc) is 3.26. The Morgan fingerprint density at radius 2 is 0.770 bits per heavy atom. The number of ether oxygens (including phenoxy) is 1. The highest BCUT2D eigenvalue weighted by Crippen LogP contribution is 2.16. The third kappa shape index (κ3) is 47.7. The number of aliphatic hydroxyl groups excluding tert-OH is 2. The Morgan fingerprint density at radius 3 is 1.16 bits per heavy atom. The van der Waals surface area contributed by atoms with Gasteiger partial charge in [0.25, 0.3) is 0 Å². The van der Waals surface area contributed by atoms with Crippen LogP contribution >= 0.6 is 0 Å². The monoisotopic (exact) mass is 860 g/mol. The van der Waals surface area contributed by atoms with Gasteiger partial charge in [-0.15, -0.1) is 0 Å². The SMILES string of the molecule is CCCCCCC/C=C\CCCCCCCC(=O)OCCCCCCCCC/C=C\CCCCCCCC(=O)NC(CO)C(O)CCCCCCCCCCCCCCCC. The van der Waals surface area contributed by atoms with Crippen molar-refractivity contribution in [2.75, 3.05) is 13.2 Å². The summed E-state index contributed by atoms with van der Waals surface area (Å²) in [5.41, 5.74) is 0. The van der Waals surface area contributed by atoms with Crippen molar-refractivity contribution in [1.29, 1.82) is 0 Å². The summed E-state index contributed by atoms with van der Waals surface area (Å²) in [5, 5.41) is 23.2. The Morgan fingerprint density at radius 1 is 0.443 bits per heavy atom. The minimum absolute atomic E-state index is 0.0114. The van der Waals surface area contributed by atoms with E-state index in [2.05, 4.69) is 43.5 Å². The van der Waals surface area contributed by atoms with E-state index in [0.717, 1.165) is 64.2 Å². The number of esters is 1. The summed E-state index contributed by atoms with van der Waals surface area (Å²) in [7, 11) is 0.